The molecule has 1 unspecified atom stereocenters. The van der Waals surface area contributed by atoms with Gasteiger partial charge in [-0.15, -0.1) is 0 Å². The van der Waals surface area contributed by atoms with E-state index in [2.05, 4.69) is 4.98 Å². The molecule has 0 saturated carbocycles. The van der Waals surface area contributed by atoms with Crippen LogP contribution in [0.4, 0.5) is 13.2 Å². The van der Waals surface area contributed by atoms with Crippen LogP contribution in [-0.2, 0) is 19.0 Å². The highest BCUT2D eigenvalue weighted by molar-refractivity contribution is 5.55. The van der Waals surface area contributed by atoms with Gasteiger partial charge in [-0.25, -0.2) is 4.98 Å². The maximum Gasteiger partial charge on any atom is 0.416 e. The molecule has 0 amide bonds. The van der Waals surface area contributed by atoms with Crippen molar-refractivity contribution in [2.24, 2.45) is 0 Å². The fraction of sp³-hybridized carbons (Fsp3) is 0.357. The van der Waals surface area contributed by atoms with Crippen molar-refractivity contribution < 1.29 is 22.7 Å². The number of rotatable bonds is 1. The summed E-state index contributed by atoms with van der Waals surface area (Å²) in [5.74, 6) is 0.742. The van der Waals surface area contributed by atoms with Crippen molar-refractivity contribution >= 4 is 0 Å². The number of alkyl halides is 3. The van der Waals surface area contributed by atoms with Gasteiger partial charge in [-0.2, -0.15) is 13.2 Å². The Balaban J connectivity index is 1.98. The van der Waals surface area contributed by atoms with E-state index in [0.29, 0.717) is 30.6 Å². The lowest BCUT2D eigenvalue weighted by Crippen LogP contribution is -2.17. The molecule has 3 rings (SSSR count). The minimum Gasteiger partial charge on any atom is -0.441 e. The molecule has 1 heterocycles. The van der Waals surface area contributed by atoms with Gasteiger partial charge in [-0.3, -0.25) is 0 Å². The van der Waals surface area contributed by atoms with Crippen molar-refractivity contribution in [3.05, 3.63) is 41.3 Å². The molecule has 0 saturated heterocycles. The summed E-state index contributed by atoms with van der Waals surface area (Å²) >= 11 is 0. The Morgan fingerprint density at radius 3 is 2.85 bits per heavy atom. The zero-order valence-corrected chi connectivity index (χ0v) is 10.4. The second-order valence-electron chi connectivity index (χ2n) is 4.86. The van der Waals surface area contributed by atoms with Crippen LogP contribution in [0.1, 0.15) is 23.4 Å². The lowest BCUT2D eigenvalue weighted by Gasteiger charge is -2.13. The molecular weight excluding hydrogens is 271 g/mol. The van der Waals surface area contributed by atoms with Crippen LogP contribution in [0.2, 0.25) is 0 Å². The molecule has 1 aromatic carbocycles. The minimum atomic E-state index is -4.39. The molecule has 0 spiro atoms. The molecule has 1 aliphatic carbocycles. The van der Waals surface area contributed by atoms with Crippen molar-refractivity contribution in [1.29, 1.82) is 0 Å². The molecule has 2 aromatic rings. The average molecular weight is 283 g/mol. The lowest BCUT2D eigenvalue weighted by molar-refractivity contribution is -0.137. The molecule has 1 atom stereocenters. The van der Waals surface area contributed by atoms with Gasteiger partial charge in [0, 0.05) is 12.0 Å². The van der Waals surface area contributed by atoms with Crippen LogP contribution in [0, 0.1) is 0 Å². The Labute approximate surface area is 113 Å². The third kappa shape index (κ3) is 2.43. The summed E-state index contributed by atoms with van der Waals surface area (Å²) in [6.07, 6.45) is -3.31. The van der Waals surface area contributed by atoms with Crippen LogP contribution in [0.5, 0.6) is 0 Å². The Kier molecular flexibility index (Phi) is 3.05. The summed E-state index contributed by atoms with van der Waals surface area (Å²) in [6, 6.07) is 4.89. The van der Waals surface area contributed by atoms with Gasteiger partial charge in [-0.05, 0) is 31.0 Å². The molecule has 0 fully saturated rings. The Bertz CT molecular complexity index is 634. The van der Waals surface area contributed by atoms with Gasteiger partial charge >= 0.3 is 6.18 Å². The second-order valence-corrected chi connectivity index (χ2v) is 4.86. The molecule has 0 radical (unpaired) electrons. The molecule has 3 nitrogen and oxygen atoms in total. The van der Waals surface area contributed by atoms with Gasteiger partial charge < -0.3 is 9.52 Å². The number of aliphatic hydroxyl groups is 1. The van der Waals surface area contributed by atoms with Crippen molar-refractivity contribution in [3.63, 3.8) is 0 Å². The lowest BCUT2D eigenvalue weighted by atomic mass is 9.99. The molecule has 6 heteroatoms. The molecule has 1 aliphatic rings. The van der Waals surface area contributed by atoms with Gasteiger partial charge in [0.05, 0.1) is 17.4 Å². The number of nitrogens with zero attached hydrogens (tertiary/aromatic N) is 1. The largest absolute Gasteiger partial charge is 0.441 e. The van der Waals surface area contributed by atoms with Crippen LogP contribution in [0.15, 0.2) is 28.7 Å². The molecule has 20 heavy (non-hydrogen) atoms. The first kappa shape index (κ1) is 13.2. The zero-order valence-electron chi connectivity index (χ0n) is 10.4. The van der Waals surface area contributed by atoms with E-state index in [1.165, 1.54) is 12.1 Å². The maximum atomic E-state index is 12.7. The van der Waals surface area contributed by atoms with Crippen LogP contribution in [0.25, 0.3) is 11.5 Å². The minimum absolute atomic E-state index is 0.176. The second kappa shape index (κ2) is 4.63. The third-order valence-electron chi connectivity index (χ3n) is 3.35. The quantitative estimate of drug-likeness (QED) is 0.874. The summed E-state index contributed by atoms with van der Waals surface area (Å²) in [4.78, 5) is 4.23. The number of oxazole rings is 1. The predicted octanol–water partition coefficient (Wildman–Crippen LogP) is 3.21. The van der Waals surface area contributed by atoms with Gasteiger partial charge in [0.1, 0.15) is 5.76 Å². The molecular formula is C14H12F3NO2. The molecule has 0 bridgehead atoms. The number of benzene rings is 1. The third-order valence-corrected chi connectivity index (χ3v) is 3.35. The summed E-state index contributed by atoms with van der Waals surface area (Å²) in [5.41, 5.74) is 0.289. The van der Waals surface area contributed by atoms with Crippen molar-refractivity contribution in [3.8, 4) is 11.5 Å². The van der Waals surface area contributed by atoms with E-state index in [1.54, 1.807) is 0 Å². The number of fused-ring (bicyclic) bond motifs is 1. The van der Waals surface area contributed by atoms with E-state index in [-0.39, 0.29) is 5.89 Å². The fourth-order valence-electron chi connectivity index (χ4n) is 2.31. The molecule has 1 N–H and O–H groups in total. The van der Waals surface area contributed by atoms with Crippen LogP contribution in [-0.4, -0.2) is 16.2 Å². The van der Waals surface area contributed by atoms with E-state index < -0.39 is 17.8 Å². The monoisotopic (exact) mass is 283 g/mol. The summed E-state index contributed by atoms with van der Waals surface area (Å²) < 4.78 is 43.5. The Hall–Kier alpha value is -1.82. The van der Waals surface area contributed by atoms with Gasteiger partial charge in [0.2, 0.25) is 5.89 Å². The zero-order chi connectivity index (χ0) is 14.3. The SMILES string of the molecule is OC1CCc2nc(-c3cccc(C(F)(F)F)c3)oc2C1. The van der Waals surface area contributed by atoms with E-state index in [0.717, 1.165) is 17.8 Å². The highest BCUT2D eigenvalue weighted by Crippen LogP contribution is 2.33. The highest BCUT2D eigenvalue weighted by Gasteiger charge is 2.31. The van der Waals surface area contributed by atoms with Crippen LogP contribution < -0.4 is 0 Å². The maximum absolute atomic E-state index is 12.7. The van der Waals surface area contributed by atoms with Crippen LogP contribution in [0.3, 0.4) is 0 Å². The first-order valence-electron chi connectivity index (χ1n) is 6.28. The first-order chi connectivity index (χ1) is 9.43. The summed E-state index contributed by atoms with van der Waals surface area (Å²) in [6.45, 7) is 0. The Morgan fingerprint density at radius 1 is 1.30 bits per heavy atom. The van der Waals surface area contributed by atoms with E-state index in [1.807, 2.05) is 0 Å². The van der Waals surface area contributed by atoms with Crippen molar-refractivity contribution in [2.75, 3.05) is 0 Å². The van der Waals surface area contributed by atoms with Crippen LogP contribution >= 0.6 is 0 Å². The topological polar surface area (TPSA) is 46.3 Å². The highest BCUT2D eigenvalue weighted by atomic mass is 19.4. The number of aryl methyl sites for hydroxylation is 1. The van der Waals surface area contributed by atoms with Gasteiger partial charge in [0.15, 0.2) is 0 Å². The van der Waals surface area contributed by atoms with E-state index in [9.17, 15) is 18.3 Å². The molecule has 1 aromatic heterocycles. The fourth-order valence-corrected chi connectivity index (χ4v) is 2.31. The molecule has 0 aliphatic heterocycles. The number of aliphatic hydroxyl groups excluding tert-OH is 1. The normalized spacial score (nSPS) is 18.9. The average Bonchev–Trinajstić information content (AvgIpc) is 2.81. The van der Waals surface area contributed by atoms with Gasteiger partial charge in [-0.1, -0.05) is 6.07 Å². The van der Waals surface area contributed by atoms with E-state index >= 15 is 0 Å². The summed E-state index contributed by atoms with van der Waals surface area (Å²) in [7, 11) is 0. The number of halogens is 3. The van der Waals surface area contributed by atoms with Crippen molar-refractivity contribution in [1.82, 2.24) is 4.98 Å². The smallest absolute Gasteiger partial charge is 0.416 e. The number of hydrogen-bond acceptors (Lipinski definition) is 3. The standard InChI is InChI=1S/C14H12F3NO2/c15-14(16,17)9-3-1-2-8(6-9)13-18-11-5-4-10(19)7-12(11)20-13/h1-3,6,10,19H,4-5,7H2. The number of aromatic nitrogens is 1. The van der Waals surface area contributed by atoms with Crippen molar-refractivity contribution in [2.45, 2.75) is 31.5 Å². The summed E-state index contributed by atoms with van der Waals surface area (Å²) in [5, 5.41) is 9.55. The predicted molar refractivity (Wildman–Crippen MR) is 65.0 cm³/mol. The Morgan fingerprint density at radius 2 is 2.10 bits per heavy atom. The van der Waals surface area contributed by atoms with E-state index in [4.69, 9.17) is 4.42 Å². The molecule has 106 valence electrons. The number of hydrogen-bond donors (Lipinski definition) is 1. The first-order valence-corrected chi connectivity index (χ1v) is 6.28. The van der Waals surface area contributed by atoms with Gasteiger partial charge in [0.25, 0.3) is 0 Å².